The van der Waals surface area contributed by atoms with Gasteiger partial charge in [-0.1, -0.05) is 15.9 Å². The second-order valence-electron chi connectivity index (χ2n) is 4.74. The van der Waals surface area contributed by atoms with Gasteiger partial charge in [0.05, 0.1) is 7.11 Å². The van der Waals surface area contributed by atoms with Crippen LogP contribution in [0.5, 0.6) is 0 Å². The predicted molar refractivity (Wildman–Crippen MR) is 77.8 cm³/mol. The van der Waals surface area contributed by atoms with Crippen LogP contribution in [-0.2, 0) is 23.9 Å². The Morgan fingerprint density at radius 2 is 1.82 bits per heavy atom. The van der Waals surface area contributed by atoms with Gasteiger partial charge in [-0.2, -0.15) is 0 Å². The Labute approximate surface area is 134 Å². The molecule has 0 radical (unpaired) electrons. The number of benzene rings is 1. The molecule has 1 aliphatic heterocycles. The molecule has 0 bridgehead atoms. The van der Waals surface area contributed by atoms with Crippen LogP contribution < -0.4 is 4.90 Å². The molecule has 8 heteroatoms. The van der Waals surface area contributed by atoms with Crippen molar-refractivity contribution < 1.29 is 29.0 Å². The Bertz CT molecular complexity index is 670. The summed E-state index contributed by atoms with van der Waals surface area (Å²) in [5.74, 6) is -6.17. The Kier molecular flexibility index (Phi) is 4.17. The number of esters is 1. The molecule has 2 atom stereocenters. The smallest absolute Gasteiger partial charge is 0.361 e. The van der Waals surface area contributed by atoms with E-state index in [1.165, 1.54) is 12.1 Å². The van der Waals surface area contributed by atoms with Gasteiger partial charge in [-0.25, -0.2) is 4.79 Å². The van der Waals surface area contributed by atoms with Gasteiger partial charge in [0.1, 0.15) is 11.7 Å². The monoisotopic (exact) mass is 369 g/mol. The summed E-state index contributed by atoms with van der Waals surface area (Å²) in [7, 11) is 0.991. The Balaban J connectivity index is 2.66. The fourth-order valence-corrected chi connectivity index (χ4v) is 2.70. The van der Waals surface area contributed by atoms with Crippen LogP contribution in [0.1, 0.15) is 6.92 Å². The second kappa shape index (κ2) is 5.62. The lowest BCUT2D eigenvalue weighted by molar-refractivity contribution is -0.169. The third-order valence-corrected chi connectivity index (χ3v) is 3.93. The summed E-state index contributed by atoms with van der Waals surface area (Å²) in [4.78, 5) is 48.5. The number of aliphatic hydroxyl groups is 1. The van der Waals surface area contributed by atoms with Crippen LogP contribution in [0, 0.1) is 5.92 Å². The molecule has 0 aliphatic carbocycles. The zero-order valence-electron chi connectivity index (χ0n) is 11.7. The number of amides is 1. The van der Waals surface area contributed by atoms with Crippen LogP contribution in [0.4, 0.5) is 5.69 Å². The number of carbonyl (C=O) groups excluding carboxylic acids is 4. The fourth-order valence-electron chi connectivity index (χ4n) is 2.43. The highest BCUT2D eigenvalue weighted by atomic mass is 79.9. The number of nitrogens with zero attached hydrogens (tertiary/aromatic N) is 1. The molecular weight excluding hydrogens is 358 g/mol. The Morgan fingerprint density at radius 1 is 1.27 bits per heavy atom. The average Bonchev–Trinajstić information content (AvgIpc) is 2.67. The maximum atomic E-state index is 12.2. The number of hydrogen-bond acceptors (Lipinski definition) is 6. The maximum absolute atomic E-state index is 12.2. The van der Waals surface area contributed by atoms with Crippen molar-refractivity contribution in [3.05, 3.63) is 28.7 Å². The number of rotatable bonds is 3. The highest BCUT2D eigenvalue weighted by Crippen LogP contribution is 2.37. The summed E-state index contributed by atoms with van der Waals surface area (Å²) < 4.78 is 5.19. The lowest BCUT2D eigenvalue weighted by Crippen LogP contribution is -2.58. The van der Waals surface area contributed by atoms with Crippen LogP contribution in [-0.4, -0.2) is 41.4 Å². The predicted octanol–water partition coefficient (Wildman–Crippen LogP) is 0.432. The van der Waals surface area contributed by atoms with Crippen LogP contribution in [0.15, 0.2) is 28.7 Å². The van der Waals surface area contributed by atoms with Crippen LogP contribution in [0.25, 0.3) is 0 Å². The lowest BCUT2D eigenvalue weighted by atomic mass is 9.91. The minimum Gasteiger partial charge on any atom is -0.465 e. The molecular formula is C14H12BrNO6. The van der Waals surface area contributed by atoms with Gasteiger partial charge in [-0.15, -0.1) is 0 Å². The zero-order chi connectivity index (χ0) is 16.7. The normalized spacial score (nSPS) is 24.5. The number of methoxy groups -OCH3 is 1. The highest BCUT2D eigenvalue weighted by Gasteiger charge is 2.65. The minimum absolute atomic E-state index is 0.0956. The first-order valence-corrected chi connectivity index (χ1v) is 6.99. The largest absolute Gasteiger partial charge is 0.465 e. The van der Waals surface area contributed by atoms with Crippen molar-refractivity contribution in [1.82, 2.24) is 0 Å². The lowest BCUT2D eigenvalue weighted by Gasteiger charge is -2.32. The minimum atomic E-state index is -2.69. The summed E-state index contributed by atoms with van der Waals surface area (Å²) >= 11 is 3.21. The molecule has 1 N–H and O–H groups in total. The topological polar surface area (TPSA) is 101 Å². The van der Waals surface area contributed by atoms with Crippen molar-refractivity contribution in [3.8, 4) is 0 Å². The molecule has 2 unspecified atom stereocenters. The van der Waals surface area contributed by atoms with E-state index in [-0.39, 0.29) is 5.69 Å². The summed E-state index contributed by atoms with van der Waals surface area (Å²) in [5, 5.41) is 10.7. The quantitative estimate of drug-likeness (QED) is 0.471. The standard InChI is InChI=1S/C14H12BrNO6/c1-7(17)10-11(18)12(19)16(14(10,21)13(20)22-2)9-5-3-8(15)4-6-9/h3-6,10,21H,1-2H3. The fraction of sp³-hybridized carbons (Fsp3) is 0.286. The Morgan fingerprint density at radius 3 is 2.27 bits per heavy atom. The summed E-state index contributed by atoms with van der Waals surface area (Å²) in [6.07, 6.45) is 0. The molecule has 116 valence electrons. The molecule has 1 saturated heterocycles. The van der Waals surface area contributed by atoms with Gasteiger partial charge >= 0.3 is 5.97 Å². The number of ketones is 2. The van der Waals surface area contributed by atoms with Gasteiger partial charge < -0.3 is 9.84 Å². The van der Waals surface area contributed by atoms with Crippen LogP contribution in [0.2, 0.25) is 0 Å². The van der Waals surface area contributed by atoms with Gasteiger partial charge in [0.15, 0.2) is 0 Å². The third kappa shape index (κ3) is 2.24. The van der Waals surface area contributed by atoms with Gasteiger partial charge in [0.25, 0.3) is 11.6 Å². The van der Waals surface area contributed by atoms with E-state index >= 15 is 0 Å². The van der Waals surface area contributed by atoms with Gasteiger partial charge in [0, 0.05) is 10.2 Å². The van der Waals surface area contributed by atoms with E-state index in [2.05, 4.69) is 20.7 Å². The van der Waals surface area contributed by atoms with Crippen molar-refractivity contribution in [2.24, 2.45) is 5.92 Å². The molecule has 0 saturated carbocycles. The first-order chi connectivity index (χ1) is 10.2. The molecule has 1 aromatic rings. The number of anilines is 1. The van der Waals surface area contributed by atoms with E-state index in [0.29, 0.717) is 9.37 Å². The van der Waals surface area contributed by atoms with E-state index < -0.39 is 35.1 Å². The van der Waals surface area contributed by atoms with E-state index in [0.717, 1.165) is 14.0 Å². The number of hydrogen-bond donors (Lipinski definition) is 1. The molecule has 0 aromatic heterocycles. The zero-order valence-corrected chi connectivity index (χ0v) is 13.3. The molecule has 22 heavy (non-hydrogen) atoms. The molecule has 2 rings (SSSR count). The molecule has 1 amide bonds. The Hall–Kier alpha value is -2.06. The first-order valence-electron chi connectivity index (χ1n) is 6.20. The van der Waals surface area contributed by atoms with E-state index in [1.54, 1.807) is 12.1 Å². The second-order valence-corrected chi connectivity index (χ2v) is 5.66. The van der Waals surface area contributed by atoms with E-state index in [4.69, 9.17) is 0 Å². The maximum Gasteiger partial charge on any atom is 0.361 e. The van der Waals surface area contributed by atoms with Crippen molar-refractivity contribution in [1.29, 1.82) is 0 Å². The average molecular weight is 370 g/mol. The number of ether oxygens (including phenoxy) is 1. The number of carbonyl (C=O) groups is 4. The van der Waals surface area contributed by atoms with Crippen molar-refractivity contribution >= 4 is 45.1 Å². The van der Waals surface area contributed by atoms with Gasteiger partial charge in [0.2, 0.25) is 5.78 Å². The first kappa shape index (κ1) is 16.3. The summed E-state index contributed by atoms with van der Waals surface area (Å²) in [6, 6.07) is 5.97. The molecule has 7 nitrogen and oxygen atoms in total. The van der Waals surface area contributed by atoms with Crippen LogP contribution in [0.3, 0.4) is 0 Å². The highest BCUT2D eigenvalue weighted by molar-refractivity contribution is 9.10. The molecule has 1 heterocycles. The van der Waals surface area contributed by atoms with E-state index in [9.17, 15) is 24.3 Å². The molecule has 1 aliphatic rings. The number of Topliss-reactive ketones (excluding diaryl/α,β-unsaturated/α-hetero) is 2. The SMILES string of the molecule is COC(=O)C1(O)C(C(C)=O)C(=O)C(=O)N1c1ccc(Br)cc1. The van der Waals surface area contributed by atoms with Crippen LogP contribution >= 0.6 is 15.9 Å². The molecule has 0 spiro atoms. The summed E-state index contributed by atoms with van der Waals surface area (Å²) in [5.41, 5.74) is -2.60. The van der Waals surface area contributed by atoms with Crippen molar-refractivity contribution in [3.63, 3.8) is 0 Å². The third-order valence-electron chi connectivity index (χ3n) is 3.40. The summed E-state index contributed by atoms with van der Waals surface area (Å²) in [6.45, 7) is 1.02. The van der Waals surface area contributed by atoms with Crippen molar-refractivity contribution in [2.45, 2.75) is 12.6 Å². The van der Waals surface area contributed by atoms with Crippen molar-refractivity contribution in [2.75, 3.05) is 12.0 Å². The number of halogens is 1. The van der Waals surface area contributed by atoms with E-state index in [1.807, 2.05) is 0 Å². The van der Waals surface area contributed by atoms with Gasteiger partial charge in [-0.3, -0.25) is 19.3 Å². The van der Waals surface area contributed by atoms with Gasteiger partial charge in [-0.05, 0) is 31.2 Å². The molecule has 1 fully saturated rings. The molecule has 1 aromatic carbocycles.